The van der Waals surface area contributed by atoms with Crippen LogP contribution in [0.2, 0.25) is 6.04 Å². The molecule has 0 aromatic carbocycles. The molecule has 5 nitrogen and oxygen atoms in total. The van der Waals surface area contributed by atoms with Crippen molar-refractivity contribution in [1.29, 1.82) is 0 Å². The third-order valence-electron chi connectivity index (χ3n) is 4.35. The second-order valence-corrected chi connectivity index (χ2v) is 9.07. The van der Waals surface area contributed by atoms with E-state index in [-0.39, 0.29) is 11.2 Å². The number of ether oxygens (including phenoxy) is 2. The van der Waals surface area contributed by atoms with Crippen molar-refractivity contribution >= 4 is 14.5 Å². The Labute approximate surface area is 128 Å². The van der Waals surface area contributed by atoms with E-state index >= 15 is 0 Å². The summed E-state index contributed by atoms with van der Waals surface area (Å²) in [5, 5.41) is -0.345. The first-order valence-corrected chi connectivity index (χ1v) is 9.57. The van der Waals surface area contributed by atoms with Crippen LogP contribution in [-0.4, -0.2) is 47.7 Å². The van der Waals surface area contributed by atoms with Crippen LogP contribution in [0.3, 0.4) is 0 Å². The second kappa shape index (κ2) is 8.68. The summed E-state index contributed by atoms with van der Waals surface area (Å²) in [5.41, 5.74) is 0. The van der Waals surface area contributed by atoms with Gasteiger partial charge in [-0.15, -0.1) is 0 Å². The van der Waals surface area contributed by atoms with Crippen molar-refractivity contribution in [3.8, 4) is 0 Å². The summed E-state index contributed by atoms with van der Waals surface area (Å²) in [5.74, 6) is -0.297. The summed E-state index contributed by atoms with van der Waals surface area (Å²) in [6, 6.07) is 0.951. The molecular weight excluding hydrogens is 288 g/mol. The van der Waals surface area contributed by atoms with Gasteiger partial charge in [-0.25, -0.2) is 4.79 Å². The Morgan fingerprint density at radius 3 is 2.52 bits per heavy atom. The van der Waals surface area contributed by atoms with Crippen LogP contribution in [0.15, 0.2) is 12.2 Å². The van der Waals surface area contributed by atoms with Gasteiger partial charge in [0, 0.05) is 27.4 Å². The number of methoxy groups -OCH3 is 1. The molecule has 1 saturated heterocycles. The SMILES string of the molecule is CC=CC(=O)OCCCC1(OC)CCCC[Si]1(OC)OC. The van der Waals surface area contributed by atoms with Crippen LogP contribution in [0.4, 0.5) is 0 Å². The Kier molecular flexibility index (Phi) is 7.59. The lowest BCUT2D eigenvalue weighted by molar-refractivity contribution is -0.138. The van der Waals surface area contributed by atoms with Crippen LogP contribution < -0.4 is 0 Å². The van der Waals surface area contributed by atoms with Crippen LogP contribution in [0, 0.1) is 0 Å². The highest BCUT2D eigenvalue weighted by Gasteiger charge is 2.58. The van der Waals surface area contributed by atoms with Crippen LogP contribution in [0.5, 0.6) is 0 Å². The Balaban J connectivity index is 2.63. The first-order valence-electron chi connectivity index (χ1n) is 7.54. The molecule has 122 valence electrons. The van der Waals surface area contributed by atoms with E-state index in [4.69, 9.17) is 18.3 Å². The molecule has 1 aliphatic rings. The van der Waals surface area contributed by atoms with Gasteiger partial charge < -0.3 is 18.3 Å². The van der Waals surface area contributed by atoms with Gasteiger partial charge in [-0.2, -0.15) is 0 Å². The highest BCUT2D eigenvalue weighted by molar-refractivity contribution is 6.70. The quantitative estimate of drug-likeness (QED) is 0.298. The fourth-order valence-corrected chi connectivity index (χ4v) is 7.15. The van der Waals surface area contributed by atoms with Gasteiger partial charge in [-0.1, -0.05) is 18.9 Å². The Morgan fingerprint density at radius 2 is 1.95 bits per heavy atom. The molecule has 1 atom stereocenters. The number of rotatable bonds is 8. The van der Waals surface area contributed by atoms with E-state index in [2.05, 4.69) is 0 Å². The molecule has 1 aliphatic heterocycles. The molecular formula is C15H28O5Si. The highest BCUT2D eigenvalue weighted by atomic mass is 28.4. The van der Waals surface area contributed by atoms with Crippen LogP contribution in [0.25, 0.3) is 0 Å². The van der Waals surface area contributed by atoms with Crippen molar-refractivity contribution in [2.75, 3.05) is 27.9 Å². The number of carbonyl (C=O) groups excluding carboxylic acids is 1. The lowest BCUT2D eigenvalue weighted by Gasteiger charge is -2.48. The predicted molar refractivity (Wildman–Crippen MR) is 83.2 cm³/mol. The van der Waals surface area contributed by atoms with E-state index in [1.807, 2.05) is 0 Å². The zero-order chi connectivity index (χ0) is 15.8. The number of allylic oxidation sites excluding steroid dienone is 1. The Morgan fingerprint density at radius 1 is 1.24 bits per heavy atom. The average molecular weight is 316 g/mol. The molecule has 0 saturated carbocycles. The van der Waals surface area contributed by atoms with Crippen LogP contribution in [-0.2, 0) is 23.1 Å². The lowest BCUT2D eigenvalue weighted by Crippen LogP contribution is -2.64. The molecule has 0 bridgehead atoms. The molecule has 0 N–H and O–H groups in total. The normalized spacial score (nSPS) is 25.1. The van der Waals surface area contributed by atoms with Crippen LogP contribution >= 0.6 is 0 Å². The summed E-state index contributed by atoms with van der Waals surface area (Å²) in [6.45, 7) is 2.19. The molecule has 1 unspecified atom stereocenters. The Hall–Kier alpha value is -0.693. The molecule has 0 aromatic heterocycles. The summed E-state index contributed by atoms with van der Waals surface area (Å²) in [6.07, 6.45) is 7.83. The number of carbonyl (C=O) groups is 1. The van der Waals surface area contributed by atoms with Gasteiger partial charge in [0.1, 0.15) is 5.22 Å². The first-order chi connectivity index (χ1) is 10.1. The topological polar surface area (TPSA) is 54.0 Å². The number of hydrogen-bond acceptors (Lipinski definition) is 5. The van der Waals surface area contributed by atoms with Gasteiger partial charge in [-0.3, -0.25) is 0 Å². The fourth-order valence-electron chi connectivity index (χ4n) is 3.24. The minimum Gasteiger partial charge on any atom is -0.463 e. The van der Waals surface area contributed by atoms with Gasteiger partial charge in [0.05, 0.1) is 6.61 Å². The minimum atomic E-state index is -2.38. The molecule has 1 fully saturated rings. The maximum Gasteiger partial charge on any atom is 0.370 e. The van der Waals surface area contributed by atoms with Crippen molar-refractivity contribution in [2.45, 2.75) is 50.3 Å². The monoisotopic (exact) mass is 316 g/mol. The maximum absolute atomic E-state index is 11.3. The van der Waals surface area contributed by atoms with Crippen molar-refractivity contribution < 1.29 is 23.1 Å². The standard InChI is InChI=1S/C15H28O5Si/c1-5-9-14(16)20-12-8-11-15(17-2)10-6-7-13-21(15,18-3)19-4/h5,9H,6-8,10-13H2,1-4H3. The third-order valence-corrected chi connectivity index (χ3v) is 8.78. The molecule has 1 heterocycles. The minimum absolute atomic E-state index is 0.297. The van der Waals surface area contributed by atoms with Gasteiger partial charge in [0.25, 0.3) is 0 Å². The molecule has 0 spiro atoms. The average Bonchev–Trinajstić information content (AvgIpc) is 2.52. The van der Waals surface area contributed by atoms with Crippen molar-refractivity contribution in [1.82, 2.24) is 0 Å². The van der Waals surface area contributed by atoms with Gasteiger partial charge in [-0.05, 0) is 32.2 Å². The molecule has 0 radical (unpaired) electrons. The summed E-state index contributed by atoms with van der Waals surface area (Å²) >= 11 is 0. The highest BCUT2D eigenvalue weighted by Crippen LogP contribution is 2.42. The molecule has 21 heavy (non-hydrogen) atoms. The molecule has 0 aromatic rings. The zero-order valence-electron chi connectivity index (χ0n) is 13.6. The first kappa shape index (κ1) is 18.4. The zero-order valence-corrected chi connectivity index (χ0v) is 14.6. The van der Waals surface area contributed by atoms with E-state index in [0.717, 1.165) is 38.1 Å². The molecule has 0 amide bonds. The smallest absolute Gasteiger partial charge is 0.370 e. The van der Waals surface area contributed by atoms with E-state index in [0.29, 0.717) is 6.61 Å². The van der Waals surface area contributed by atoms with Gasteiger partial charge in [0.15, 0.2) is 0 Å². The fraction of sp³-hybridized carbons (Fsp3) is 0.800. The van der Waals surface area contributed by atoms with Crippen LogP contribution in [0.1, 0.15) is 39.0 Å². The van der Waals surface area contributed by atoms with Gasteiger partial charge >= 0.3 is 14.5 Å². The predicted octanol–water partition coefficient (Wildman–Crippen LogP) is 2.73. The summed E-state index contributed by atoms with van der Waals surface area (Å²) < 4.78 is 22.7. The van der Waals surface area contributed by atoms with Gasteiger partial charge in [0.2, 0.25) is 0 Å². The maximum atomic E-state index is 11.3. The van der Waals surface area contributed by atoms with Crippen molar-refractivity contribution in [3.05, 3.63) is 12.2 Å². The van der Waals surface area contributed by atoms with E-state index in [1.54, 1.807) is 34.3 Å². The van der Waals surface area contributed by atoms with Crippen molar-refractivity contribution in [2.24, 2.45) is 0 Å². The molecule has 6 heteroatoms. The summed E-state index contributed by atoms with van der Waals surface area (Å²) in [4.78, 5) is 11.3. The largest absolute Gasteiger partial charge is 0.463 e. The second-order valence-electron chi connectivity index (χ2n) is 5.34. The van der Waals surface area contributed by atoms with E-state index in [1.165, 1.54) is 6.08 Å². The lowest BCUT2D eigenvalue weighted by atomic mass is 10.1. The van der Waals surface area contributed by atoms with E-state index in [9.17, 15) is 4.79 Å². The third kappa shape index (κ3) is 4.16. The number of hydrogen-bond donors (Lipinski definition) is 0. The molecule has 1 rings (SSSR count). The Bertz CT molecular complexity index is 354. The number of esters is 1. The van der Waals surface area contributed by atoms with E-state index < -0.39 is 8.56 Å². The summed E-state index contributed by atoms with van der Waals surface area (Å²) in [7, 11) is 2.80. The van der Waals surface area contributed by atoms with Crippen molar-refractivity contribution in [3.63, 3.8) is 0 Å². The molecule has 0 aliphatic carbocycles.